The Bertz CT molecular complexity index is 392. The molecule has 0 aliphatic carbocycles. The van der Waals surface area contributed by atoms with Gasteiger partial charge in [0.15, 0.2) is 0 Å². The molecule has 0 atom stereocenters. The average Bonchev–Trinajstić information content (AvgIpc) is 2.45. The Morgan fingerprint density at radius 1 is 1.37 bits per heavy atom. The molecule has 1 aromatic carbocycles. The van der Waals surface area contributed by atoms with E-state index < -0.39 is 0 Å². The number of benzene rings is 1. The zero-order valence-corrected chi connectivity index (χ0v) is 13.0. The molecule has 3 nitrogen and oxygen atoms in total. The van der Waals surface area contributed by atoms with Crippen LogP contribution in [0, 0.1) is 5.92 Å². The minimum Gasteiger partial charge on any atom is -0.493 e. The third-order valence-electron chi connectivity index (χ3n) is 3.40. The predicted molar refractivity (Wildman–Crippen MR) is 80.6 cm³/mol. The van der Waals surface area contributed by atoms with Crippen molar-refractivity contribution in [3.8, 4) is 5.75 Å². The summed E-state index contributed by atoms with van der Waals surface area (Å²) in [6, 6.07) is 6.22. The third-order valence-corrected chi connectivity index (χ3v) is 3.90. The van der Waals surface area contributed by atoms with Gasteiger partial charge in [-0.1, -0.05) is 22.9 Å². The Hall–Kier alpha value is -0.580. The number of nitrogens with one attached hydrogen (secondary N) is 1. The highest BCUT2D eigenvalue weighted by molar-refractivity contribution is 9.10. The summed E-state index contributed by atoms with van der Waals surface area (Å²) in [5.74, 6) is 1.63. The first-order chi connectivity index (χ1) is 9.29. The van der Waals surface area contributed by atoms with Crippen molar-refractivity contribution in [3.63, 3.8) is 0 Å². The maximum absolute atomic E-state index is 6.01. The topological polar surface area (TPSA) is 30.5 Å². The van der Waals surface area contributed by atoms with E-state index in [4.69, 9.17) is 9.47 Å². The Morgan fingerprint density at radius 2 is 2.16 bits per heavy atom. The fourth-order valence-corrected chi connectivity index (χ4v) is 2.62. The Labute approximate surface area is 123 Å². The molecular weight excluding hydrogens is 306 g/mol. The maximum atomic E-state index is 6.01. The van der Waals surface area contributed by atoms with Gasteiger partial charge in [-0.2, -0.15) is 0 Å². The molecule has 19 heavy (non-hydrogen) atoms. The molecule has 1 aliphatic heterocycles. The van der Waals surface area contributed by atoms with Gasteiger partial charge in [0.2, 0.25) is 0 Å². The fraction of sp³-hybridized carbons (Fsp3) is 0.600. The lowest BCUT2D eigenvalue weighted by atomic mass is 10.0. The molecule has 0 saturated carbocycles. The molecule has 0 aromatic heterocycles. The molecule has 1 N–H and O–H groups in total. The molecule has 1 saturated heterocycles. The lowest BCUT2D eigenvalue weighted by molar-refractivity contribution is 0.0496. The van der Waals surface area contributed by atoms with Gasteiger partial charge in [-0.3, -0.25) is 0 Å². The van der Waals surface area contributed by atoms with Crippen LogP contribution in [-0.4, -0.2) is 26.4 Å². The molecule has 1 heterocycles. The van der Waals surface area contributed by atoms with Crippen molar-refractivity contribution >= 4 is 15.9 Å². The molecular formula is C15H22BrNO2. The summed E-state index contributed by atoms with van der Waals surface area (Å²) < 4.78 is 12.5. The van der Waals surface area contributed by atoms with E-state index in [1.165, 1.54) is 5.56 Å². The second-order valence-corrected chi connectivity index (χ2v) is 5.81. The number of hydrogen-bond acceptors (Lipinski definition) is 3. The maximum Gasteiger partial charge on any atom is 0.123 e. The molecule has 0 amide bonds. The summed E-state index contributed by atoms with van der Waals surface area (Å²) in [4.78, 5) is 0. The third kappa shape index (κ3) is 4.79. The van der Waals surface area contributed by atoms with Crippen LogP contribution in [0.4, 0.5) is 0 Å². The Morgan fingerprint density at radius 3 is 2.89 bits per heavy atom. The van der Waals surface area contributed by atoms with Gasteiger partial charge in [0.05, 0.1) is 6.61 Å². The summed E-state index contributed by atoms with van der Waals surface area (Å²) in [5, 5.41) is 3.35. The van der Waals surface area contributed by atoms with Crippen LogP contribution in [0.3, 0.4) is 0 Å². The van der Waals surface area contributed by atoms with Gasteiger partial charge in [-0.05, 0) is 43.5 Å². The Balaban J connectivity index is 1.93. The number of hydrogen-bond donors (Lipinski definition) is 1. The normalized spacial score (nSPS) is 16.5. The number of halogens is 1. The molecule has 0 unspecified atom stereocenters. The van der Waals surface area contributed by atoms with E-state index in [-0.39, 0.29) is 0 Å². The van der Waals surface area contributed by atoms with Crippen LogP contribution in [0.2, 0.25) is 0 Å². The second-order valence-electron chi connectivity index (χ2n) is 4.90. The largest absolute Gasteiger partial charge is 0.493 e. The summed E-state index contributed by atoms with van der Waals surface area (Å²) in [6.45, 7) is 6.47. The molecule has 1 aliphatic rings. The first-order valence-electron chi connectivity index (χ1n) is 6.99. The summed E-state index contributed by atoms with van der Waals surface area (Å²) in [7, 11) is 0. The van der Waals surface area contributed by atoms with Crippen LogP contribution in [0.25, 0.3) is 0 Å². The number of rotatable bonds is 6. The highest BCUT2D eigenvalue weighted by atomic mass is 79.9. The fourth-order valence-electron chi connectivity index (χ4n) is 2.21. The van der Waals surface area contributed by atoms with Crippen molar-refractivity contribution in [1.82, 2.24) is 5.32 Å². The Kier molecular flexibility index (Phi) is 6.14. The van der Waals surface area contributed by atoms with Gasteiger partial charge in [0.1, 0.15) is 5.75 Å². The van der Waals surface area contributed by atoms with E-state index in [2.05, 4.69) is 40.3 Å². The molecule has 4 heteroatoms. The molecule has 106 valence electrons. The quantitative estimate of drug-likeness (QED) is 0.869. The van der Waals surface area contributed by atoms with Crippen LogP contribution < -0.4 is 10.1 Å². The lowest BCUT2D eigenvalue weighted by Crippen LogP contribution is -2.22. The van der Waals surface area contributed by atoms with Crippen molar-refractivity contribution in [2.45, 2.75) is 26.3 Å². The SMILES string of the molecule is CCNCc1cc(Br)ccc1OCC1CCOCC1. The monoisotopic (exact) mass is 327 g/mol. The van der Waals surface area contributed by atoms with Gasteiger partial charge in [-0.25, -0.2) is 0 Å². The second kappa shape index (κ2) is 7.88. The predicted octanol–water partition coefficient (Wildman–Crippen LogP) is 3.36. The van der Waals surface area contributed by atoms with Crippen LogP contribution in [0.15, 0.2) is 22.7 Å². The van der Waals surface area contributed by atoms with Crippen molar-refractivity contribution < 1.29 is 9.47 Å². The van der Waals surface area contributed by atoms with Crippen LogP contribution in [0.5, 0.6) is 5.75 Å². The van der Waals surface area contributed by atoms with Crippen LogP contribution in [-0.2, 0) is 11.3 Å². The average molecular weight is 328 g/mol. The smallest absolute Gasteiger partial charge is 0.123 e. The summed E-state index contributed by atoms with van der Waals surface area (Å²) >= 11 is 3.52. The molecule has 0 radical (unpaired) electrons. The van der Waals surface area contributed by atoms with E-state index in [1.54, 1.807) is 0 Å². The minimum absolute atomic E-state index is 0.629. The standard InChI is InChI=1S/C15H22BrNO2/c1-2-17-10-13-9-14(16)3-4-15(13)19-11-12-5-7-18-8-6-12/h3-4,9,12,17H,2,5-8,10-11H2,1H3. The highest BCUT2D eigenvalue weighted by Gasteiger charge is 2.15. The van der Waals surface area contributed by atoms with Crippen molar-refractivity contribution in [2.75, 3.05) is 26.4 Å². The summed E-state index contributed by atoms with van der Waals surface area (Å²) in [6.07, 6.45) is 2.22. The van der Waals surface area contributed by atoms with Crippen molar-refractivity contribution in [1.29, 1.82) is 0 Å². The van der Waals surface area contributed by atoms with Crippen LogP contribution in [0.1, 0.15) is 25.3 Å². The lowest BCUT2D eigenvalue weighted by Gasteiger charge is -2.23. The van der Waals surface area contributed by atoms with Crippen LogP contribution >= 0.6 is 15.9 Å². The first-order valence-corrected chi connectivity index (χ1v) is 7.78. The van der Waals surface area contributed by atoms with Crippen molar-refractivity contribution in [3.05, 3.63) is 28.2 Å². The highest BCUT2D eigenvalue weighted by Crippen LogP contribution is 2.25. The van der Waals surface area contributed by atoms with E-state index in [1.807, 2.05) is 6.07 Å². The minimum atomic E-state index is 0.629. The van der Waals surface area contributed by atoms with Gasteiger partial charge >= 0.3 is 0 Å². The molecule has 2 rings (SSSR count). The van der Waals surface area contributed by atoms with E-state index >= 15 is 0 Å². The van der Waals surface area contributed by atoms with Gasteiger partial charge < -0.3 is 14.8 Å². The number of ether oxygens (including phenoxy) is 2. The zero-order valence-electron chi connectivity index (χ0n) is 11.5. The molecule has 1 fully saturated rings. The van der Waals surface area contributed by atoms with E-state index in [0.717, 1.165) is 56.0 Å². The zero-order chi connectivity index (χ0) is 13.5. The molecule has 0 bridgehead atoms. The first kappa shape index (κ1) is 14.8. The summed E-state index contributed by atoms with van der Waals surface area (Å²) in [5.41, 5.74) is 1.21. The van der Waals surface area contributed by atoms with Gasteiger partial charge in [-0.15, -0.1) is 0 Å². The molecule has 0 spiro atoms. The van der Waals surface area contributed by atoms with Gasteiger partial charge in [0.25, 0.3) is 0 Å². The van der Waals surface area contributed by atoms with Crippen molar-refractivity contribution in [2.24, 2.45) is 5.92 Å². The van der Waals surface area contributed by atoms with Gasteiger partial charge in [0, 0.05) is 29.8 Å². The molecule has 1 aromatic rings. The van der Waals surface area contributed by atoms with E-state index in [0.29, 0.717) is 5.92 Å². The van der Waals surface area contributed by atoms with E-state index in [9.17, 15) is 0 Å².